The molecule has 0 aromatic carbocycles. The van der Waals surface area contributed by atoms with Crippen LogP contribution in [0.3, 0.4) is 0 Å². The van der Waals surface area contributed by atoms with Crippen LogP contribution >= 0.6 is 15.9 Å². The van der Waals surface area contributed by atoms with Gasteiger partial charge in [-0.1, -0.05) is 15.9 Å². The maximum Gasteiger partial charge on any atom is 0.309 e. The number of rotatable bonds is 4. The summed E-state index contributed by atoms with van der Waals surface area (Å²) in [6.07, 6.45) is -3.28. The van der Waals surface area contributed by atoms with E-state index in [1.54, 1.807) is 0 Å². The number of pyridine rings is 1. The van der Waals surface area contributed by atoms with Crippen LogP contribution in [0.4, 0.5) is 8.78 Å². The molecule has 0 bridgehead atoms. The minimum Gasteiger partial charge on any atom is -0.481 e. The number of carbonyl (C=O) groups is 1. The van der Waals surface area contributed by atoms with E-state index in [0.29, 0.717) is 5.56 Å². The van der Waals surface area contributed by atoms with E-state index in [9.17, 15) is 18.4 Å². The van der Waals surface area contributed by atoms with Crippen molar-refractivity contribution in [1.82, 2.24) is 4.98 Å². The van der Waals surface area contributed by atoms with E-state index < -0.39 is 29.9 Å². The predicted octanol–water partition coefficient (Wildman–Crippen LogP) is 1.83. The SMILES string of the molecule is O=C(O)Cc1[nH]c(=O)c(C(F)F)cc1CBr. The zero-order chi connectivity index (χ0) is 12.3. The molecule has 7 heteroatoms. The van der Waals surface area contributed by atoms with Gasteiger partial charge in [-0.2, -0.15) is 0 Å². The minimum atomic E-state index is -2.87. The summed E-state index contributed by atoms with van der Waals surface area (Å²) in [7, 11) is 0. The van der Waals surface area contributed by atoms with Crippen LogP contribution < -0.4 is 5.56 Å². The second-order valence-corrected chi connectivity index (χ2v) is 3.62. The van der Waals surface area contributed by atoms with Crippen molar-refractivity contribution < 1.29 is 18.7 Å². The molecule has 1 aromatic heterocycles. The van der Waals surface area contributed by atoms with Gasteiger partial charge in [0.15, 0.2) is 0 Å². The average molecular weight is 296 g/mol. The molecular weight excluding hydrogens is 288 g/mol. The predicted molar refractivity (Wildman–Crippen MR) is 56.0 cm³/mol. The fourth-order valence-corrected chi connectivity index (χ4v) is 1.72. The molecule has 4 nitrogen and oxygen atoms in total. The van der Waals surface area contributed by atoms with Gasteiger partial charge in [-0.05, 0) is 11.6 Å². The lowest BCUT2D eigenvalue weighted by molar-refractivity contribution is -0.136. The van der Waals surface area contributed by atoms with Crippen molar-refractivity contribution >= 4 is 21.9 Å². The fourth-order valence-electron chi connectivity index (χ4n) is 1.22. The van der Waals surface area contributed by atoms with Gasteiger partial charge in [-0.25, -0.2) is 8.78 Å². The fraction of sp³-hybridized carbons (Fsp3) is 0.333. The van der Waals surface area contributed by atoms with E-state index in [1.165, 1.54) is 0 Å². The molecule has 2 N–H and O–H groups in total. The van der Waals surface area contributed by atoms with Crippen molar-refractivity contribution in [2.75, 3.05) is 0 Å². The van der Waals surface area contributed by atoms with Crippen LogP contribution in [-0.2, 0) is 16.5 Å². The minimum absolute atomic E-state index is 0.138. The smallest absolute Gasteiger partial charge is 0.309 e. The molecule has 0 radical (unpaired) electrons. The summed E-state index contributed by atoms with van der Waals surface area (Å²) in [4.78, 5) is 23.8. The average Bonchev–Trinajstić information content (AvgIpc) is 2.16. The van der Waals surface area contributed by atoms with E-state index in [4.69, 9.17) is 5.11 Å². The van der Waals surface area contributed by atoms with E-state index in [1.807, 2.05) is 0 Å². The molecule has 1 heterocycles. The Kier molecular flexibility index (Phi) is 4.17. The maximum atomic E-state index is 12.4. The van der Waals surface area contributed by atoms with E-state index in [-0.39, 0.29) is 11.0 Å². The zero-order valence-corrected chi connectivity index (χ0v) is 9.55. The summed E-state index contributed by atoms with van der Waals surface area (Å²) in [5.41, 5.74) is -1.12. The number of H-pyrrole nitrogens is 1. The number of hydrogen-bond donors (Lipinski definition) is 2. The lowest BCUT2D eigenvalue weighted by atomic mass is 10.1. The van der Waals surface area contributed by atoms with E-state index in [2.05, 4.69) is 20.9 Å². The molecule has 0 unspecified atom stereocenters. The van der Waals surface area contributed by atoms with Crippen LogP contribution in [0.5, 0.6) is 0 Å². The number of carboxylic acid groups (broad SMARTS) is 1. The van der Waals surface area contributed by atoms with Gasteiger partial charge in [0.25, 0.3) is 12.0 Å². The van der Waals surface area contributed by atoms with Crippen molar-refractivity contribution in [3.05, 3.63) is 33.2 Å². The highest BCUT2D eigenvalue weighted by Gasteiger charge is 2.16. The zero-order valence-electron chi connectivity index (χ0n) is 7.97. The third-order valence-corrected chi connectivity index (χ3v) is 2.56. The number of aromatic nitrogens is 1. The molecular formula is C9H8BrF2NO3. The largest absolute Gasteiger partial charge is 0.481 e. The third-order valence-electron chi connectivity index (χ3n) is 1.95. The summed E-state index contributed by atoms with van der Waals surface area (Å²) in [5, 5.41) is 8.77. The van der Waals surface area contributed by atoms with Gasteiger partial charge in [0, 0.05) is 11.0 Å². The summed E-state index contributed by atoms with van der Waals surface area (Å²) in [6, 6.07) is 1.02. The van der Waals surface area contributed by atoms with Gasteiger partial charge in [-0.3, -0.25) is 9.59 Å². The van der Waals surface area contributed by atoms with Crippen LogP contribution in [0.1, 0.15) is 23.2 Å². The summed E-state index contributed by atoms with van der Waals surface area (Å²) in [5.74, 6) is -1.14. The van der Waals surface area contributed by atoms with Crippen LogP contribution in [-0.4, -0.2) is 16.1 Å². The normalized spacial score (nSPS) is 10.8. The number of alkyl halides is 3. The van der Waals surface area contributed by atoms with Crippen molar-refractivity contribution in [2.24, 2.45) is 0 Å². The molecule has 0 fully saturated rings. The number of aliphatic carboxylic acids is 1. The highest BCUT2D eigenvalue weighted by molar-refractivity contribution is 9.08. The number of carboxylic acids is 1. The van der Waals surface area contributed by atoms with Crippen molar-refractivity contribution in [3.63, 3.8) is 0 Å². The Balaban J connectivity index is 3.26. The van der Waals surface area contributed by atoms with E-state index in [0.717, 1.165) is 6.07 Å². The topological polar surface area (TPSA) is 70.2 Å². The highest BCUT2D eigenvalue weighted by atomic mass is 79.9. The summed E-state index contributed by atoms with van der Waals surface area (Å²) < 4.78 is 24.8. The Morgan fingerprint density at radius 2 is 2.19 bits per heavy atom. The molecule has 0 atom stereocenters. The van der Waals surface area contributed by atoms with Gasteiger partial charge >= 0.3 is 5.97 Å². The van der Waals surface area contributed by atoms with Gasteiger partial charge in [-0.15, -0.1) is 0 Å². The molecule has 88 valence electrons. The molecule has 0 aliphatic heterocycles. The molecule has 16 heavy (non-hydrogen) atoms. The highest BCUT2D eigenvalue weighted by Crippen LogP contribution is 2.18. The first-order chi connectivity index (χ1) is 7.45. The number of hydrogen-bond acceptors (Lipinski definition) is 2. The molecule has 0 saturated carbocycles. The van der Waals surface area contributed by atoms with Crippen LogP contribution in [0.2, 0.25) is 0 Å². The van der Waals surface area contributed by atoms with Crippen LogP contribution in [0, 0.1) is 0 Å². The van der Waals surface area contributed by atoms with Gasteiger partial charge in [0.2, 0.25) is 0 Å². The first-order valence-electron chi connectivity index (χ1n) is 4.26. The Morgan fingerprint density at radius 3 is 2.62 bits per heavy atom. The van der Waals surface area contributed by atoms with Gasteiger partial charge in [0.05, 0.1) is 12.0 Å². The Labute approximate surface area is 97.4 Å². The van der Waals surface area contributed by atoms with Crippen molar-refractivity contribution in [3.8, 4) is 0 Å². The lowest BCUT2D eigenvalue weighted by Crippen LogP contribution is -2.18. The first kappa shape index (κ1) is 12.8. The maximum absolute atomic E-state index is 12.4. The second-order valence-electron chi connectivity index (χ2n) is 3.06. The lowest BCUT2D eigenvalue weighted by Gasteiger charge is -2.07. The summed E-state index contributed by atoms with van der Waals surface area (Å²) >= 11 is 3.05. The molecule has 1 aromatic rings. The second kappa shape index (κ2) is 5.20. The van der Waals surface area contributed by atoms with Crippen LogP contribution in [0.25, 0.3) is 0 Å². The molecule has 0 aliphatic rings. The van der Waals surface area contributed by atoms with Crippen molar-refractivity contribution in [2.45, 2.75) is 18.2 Å². The van der Waals surface area contributed by atoms with Crippen LogP contribution in [0.15, 0.2) is 10.9 Å². The quantitative estimate of drug-likeness (QED) is 0.833. The summed E-state index contributed by atoms with van der Waals surface area (Å²) in [6.45, 7) is 0. The Morgan fingerprint density at radius 1 is 1.56 bits per heavy atom. The number of aromatic amines is 1. The number of halogens is 3. The van der Waals surface area contributed by atoms with Crippen molar-refractivity contribution in [1.29, 1.82) is 0 Å². The Hall–Kier alpha value is -1.24. The molecule has 0 saturated heterocycles. The van der Waals surface area contributed by atoms with Gasteiger partial charge in [0.1, 0.15) is 0 Å². The first-order valence-corrected chi connectivity index (χ1v) is 5.38. The molecule has 0 amide bonds. The monoisotopic (exact) mass is 295 g/mol. The third kappa shape index (κ3) is 2.88. The number of nitrogens with one attached hydrogen (secondary N) is 1. The molecule has 0 aliphatic carbocycles. The van der Waals surface area contributed by atoms with Gasteiger partial charge < -0.3 is 10.1 Å². The molecule has 1 rings (SSSR count). The molecule has 0 spiro atoms. The standard InChI is InChI=1S/C9H8BrF2NO3/c10-3-4-1-5(8(11)12)9(16)13-6(4)2-7(14)15/h1,8H,2-3H2,(H,13,16)(H,14,15). The van der Waals surface area contributed by atoms with E-state index >= 15 is 0 Å². The Bertz CT molecular complexity index is 459.